The fraction of sp³-hybridized carbons (Fsp3) is 0.250. The lowest BCUT2D eigenvalue weighted by atomic mass is 10.1. The van der Waals surface area contributed by atoms with Crippen LogP contribution in [0.25, 0.3) is 0 Å². The molecule has 0 saturated heterocycles. The minimum atomic E-state index is -0.644. The zero-order valence-corrected chi connectivity index (χ0v) is 12.0. The van der Waals surface area contributed by atoms with Crippen molar-refractivity contribution in [2.75, 3.05) is 18.5 Å². The van der Waals surface area contributed by atoms with Gasteiger partial charge in [-0.15, -0.1) is 0 Å². The number of rotatable bonds is 5. The van der Waals surface area contributed by atoms with Crippen LogP contribution in [0, 0.1) is 17.5 Å². The van der Waals surface area contributed by atoms with Gasteiger partial charge in [0.2, 0.25) is 0 Å². The van der Waals surface area contributed by atoms with Crippen LogP contribution in [0.3, 0.4) is 0 Å². The smallest absolute Gasteiger partial charge is 0.150 e. The van der Waals surface area contributed by atoms with Crippen LogP contribution in [-0.2, 0) is 6.54 Å². The molecule has 112 valence electrons. The van der Waals surface area contributed by atoms with Gasteiger partial charge in [0.05, 0.1) is 0 Å². The summed E-state index contributed by atoms with van der Waals surface area (Å²) in [5.74, 6) is -1.68. The molecule has 0 heterocycles. The van der Waals surface area contributed by atoms with Crippen molar-refractivity contribution in [1.29, 1.82) is 0 Å². The summed E-state index contributed by atoms with van der Waals surface area (Å²) in [4.78, 5) is 1.36. The second kappa shape index (κ2) is 6.63. The van der Waals surface area contributed by atoms with E-state index in [4.69, 9.17) is 0 Å². The van der Waals surface area contributed by atoms with Crippen molar-refractivity contribution in [1.82, 2.24) is 5.32 Å². The molecule has 5 heteroatoms. The number of hydrogen-bond donors (Lipinski definition) is 1. The highest BCUT2D eigenvalue weighted by Gasteiger charge is 2.16. The lowest BCUT2D eigenvalue weighted by Gasteiger charge is -2.21. The Labute approximate surface area is 122 Å². The van der Waals surface area contributed by atoms with E-state index in [0.29, 0.717) is 17.8 Å². The van der Waals surface area contributed by atoms with Crippen LogP contribution >= 0.6 is 0 Å². The molecule has 0 fully saturated rings. The molecular formula is C16H17F3N2. The van der Waals surface area contributed by atoms with Gasteiger partial charge in [-0.05, 0) is 48.5 Å². The number of anilines is 2. The van der Waals surface area contributed by atoms with Gasteiger partial charge in [-0.1, -0.05) is 6.92 Å². The maximum absolute atomic E-state index is 14.2. The Morgan fingerprint density at radius 1 is 1.00 bits per heavy atom. The Morgan fingerprint density at radius 3 is 2.10 bits per heavy atom. The van der Waals surface area contributed by atoms with E-state index in [0.717, 1.165) is 6.54 Å². The van der Waals surface area contributed by atoms with Crippen LogP contribution in [0.1, 0.15) is 12.5 Å². The zero-order chi connectivity index (χ0) is 15.4. The Hall–Kier alpha value is -2.01. The molecular weight excluding hydrogens is 277 g/mol. The lowest BCUT2D eigenvalue weighted by molar-refractivity contribution is 0.577. The third-order valence-electron chi connectivity index (χ3n) is 3.21. The van der Waals surface area contributed by atoms with Crippen LogP contribution in [0.5, 0.6) is 0 Å². The van der Waals surface area contributed by atoms with Gasteiger partial charge in [-0.3, -0.25) is 0 Å². The second-order valence-corrected chi connectivity index (χ2v) is 4.72. The van der Waals surface area contributed by atoms with Crippen LogP contribution in [-0.4, -0.2) is 13.6 Å². The second-order valence-electron chi connectivity index (χ2n) is 4.72. The fourth-order valence-corrected chi connectivity index (χ4v) is 2.10. The molecule has 2 aromatic rings. The van der Waals surface area contributed by atoms with Gasteiger partial charge >= 0.3 is 0 Å². The maximum atomic E-state index is 14.2. The quantitative estimate of drug-likeness (QED) is 0.897. The van der Waals surface area contributed by atoms with E-state index >= 15 is 0 Å². The highest BCUT2D eigenvalue weighted by molar-refractivity contribution is 5.64. The van der Waals surface area contributed by atoms with Crippen molar-refractivity contribution >= 4 is 11.4 Å². The first-order valence-electron chi connectivity index (χ1n) is 6.71. The van der Waals surface area contributed by atoms with Crippen molar-refractivity contribution in [3.63, 3.8) is 0 Å². The maximum Gasteiger partial charge on any atom is 0.150 e. The Bertz CT molecular complexity index is 588. The molecule has 0 aliphatic carbocycles. The molecule has 2 aromatic carbocycles. The van der Waals surface area contributed by atoms with Crippen LogP contribution < -0.4 is 10.2 Å². The third kappa shape index (κ3) is 3.55. The Morgan fingerprint density at radius 2 is 1.57 bits per heavy atom. The van der Waals surface area contributed by atoms with Crippen molar-refractivity contribution in [3.8, 4) is 0 Å². The molecule has 0 aliphatic heterocycles. The molecule has 0 radical (unpaired) electrons. The standard InChI is InChI=1S/C16H17F3N2/c1-3-20-10-11-8-14(18)16(15(19)9-11)21(2)13-6-4-12(17)5-7-13/h4-9,20H,3,10H2,1-2H3. The molecule has 0 bridgehead atoms. The SMILES string of the molecule is CCNCc1cc(F)c(N(C)c2ccc(F)cc2)c(F)c1. The molecule has 21 heavy (non-hydrogen) atoms. The van der Waals surface area contributed by atoms with Gasteiger partial charge in [0.15, 0.2) is 0 Å². The van der Waals surface area contributed by atoms with Crippen molar-refractivity contribution in [2.24, 2.45) is 0 Å². The summed E-state index contributed by atoms with van der Waals surface area (Å²) in [6, 6.07) is 8.06. The monoisotopic (exact) mass is 294 g/mol. The van der Waals surface area contributed by atoms with Gasteiger partial charge < -0.3 is 10.2 Å². The molecule has 0 saturated carbocycles. The summed E-state index contributed by atoms with van der Waals surface area (Å²) in [5.41, 5.74) is 0.901. The van der Waals surface area contributed by atoms with E-state index in [2.05, 4.69) is 5.32 Å². The summed E-state index contributed by atoms with van der Waals surface area (Å²) in [7, 11) is 1.54. The van der Waals surface area contributed by atoms with Crippen molar-refractivity contribution in [2.45, 2.75) is 13.5 Å². The average molecular weight is 294 g/mol. The summed E-state index contributed by atoms with van der Waals surface area (Å²) in [6.07, 6.45) is 0. The molecule has 2 rings (SSSR count). The summed E-state index contributed by atoms with van der Waals surface area (Å²) >= 11 is 0. The van der Waals surface area contributed by atoms with Gasteiger partial charge in [-0.2, -0.15) is 0 Å². The Balaban J connectivity index is 2.32. The lowest BCUT2D eigenvalue weighted by Crippen LogP contribution is -2.16. The fourth-order valence-electron chi connectivity index (χ4n) is 2.10. The molecule has 2 nitrogen and oxygen atoms in total. The summed E-state index contributed by atoms with van der Waals surface area (Å²) in [6.45, 7) is 3.05. The van der Waals surface area contributed by atoms with E-state index in [1.807, 2.05) is 6.92 Å². The van der Waals surface area contributed by atoms with E-state index < -0.39 is 17.5 Å². The number of hydrogen-bond acceptors (Lipinski definition) is 2. The van der Waals surface area contributed by atoms with E-state index in [1.165, 1.54) is 41.3 Å². The molecule has 0 aliphatic rings. The van der Waals surface area contributed by atoms with E-state index in [1.54, 1.807) is 7.05 Å². The highest BCUT2D eigenvalue weighted by Crippen LogP contribution is 2.30. The predicted molar refractivity (Wildman–Crippen MR) is 78.2 cm³/mol. The van der Waals surface area contributed by atoms with Gasteiger partial charge in [0, 0.05) is 19.3 Å². The molecule has 0 unspecified atom stereocenters. The topological polar surface area (TPSA) is 15.3 Å². The Kier molecular flexibility index (Phi) is 4.85. The summed E-state index contributed by atoms with van der Waals surface area (Å²) < 4.78 is 41.2. The number of benzene rings is 2. The van der Waals surface area contributed by atoms with Crippen molar-refractivity contribution < 1.29 is 13.2 Å². The zero-order valence-electron chi connectivity index (χ0n) is 12.0. The summed E-state index contributed by atoms with van der Waals surface area (Å²) in [5, 5.41) is 3.02. The molecule has 0 aromatic heterocycles. The highest BCUT2D eigenvalue weighted by atomic mass is 19.1. The molecule has 0 atom stereocenters. The van der Waals surface area contributed by atoms with Crippen molar-refractivity contribution in [3.05, 3.63) is 59.4 Å². The number of halogens is 3. The first-order chi connectivity index (χ1) is 10.0. The molecule has 0 amide bonds. The van der Waals surface area contributed by atoms with Crippen LogP contribution in [0.2, 0.25) is 0 Å². The average Bonchev–Trinajstić information content (AvgIpc) is 2.45. The number of nitrogens with one attached hydrogen (secondary N) is 1. The van der Waals surface area contributed by atoms with Crippen LogP contribution in [0.15, 0.2) is 36.4 Å². The molecule has 0 spiro atoms. The first kappa shape index (κ1) is 15.4. The van der Waals surface area contributed by atoms with E-state index in [9.17, 15) is 13.2 Å². The largest absolute Gasteiger partial charge is 0.340 e. The number of nitrogens with zero attached hydrogens (tertiary/aromatic N) is 1. The first-order valence-corrected chi connectivity index (χ1v) is 6.71. The van der Waals surface area contributed by atoms with Gasteiger partial charge in [0.1, 0.15) is 23.1 Å². The predicted octanol–water partition coefficient (Wildman–Crippen LogP) is 3.98. The third-order valence-corrected chi connectivity index (χ3v) is 3.21. The van der Waals surface area contributed by atoms with Gasteiger partial charge in [-0.25, -0.2) is 13.2 Å². The molecule has 1 N–H and O–H groups in total. The minimum Gasteiger partial charge on any atom is -0.340 e. The van der Waals surface area contributed by atoms with Crippen LogP contribution in [0.4, 0.5) is 24.5 Å². The minimum absolute atomic E-state index is 0.151. The normalized spacial score (nSPS) is 10.7. The van der Waals surface area contributed by atoms with E-state index in [-0.39, 0.29) is 5.69 Å². The van der Waals surface area contributed by atoms with Gasteiger partial charge in [0.25, 0.3) is 0 Å².